The molecule has 2 aromatic rings. The molecule has 2 aliphatic rings. The van der Waals surface area contributed by atoms with Crippen molar-refractivity contribution < 1.29 is 14.3 Å². The smallest absolute Gasteiger partial charge is 0.309 e. The van der Waals surface area contributed by atoms with Crippen LogP contribution in [0.4, 0.5) is 10.5 Å². The van der Waals surface area contributed by atoms with E-state index >= 15 is 0 Å². The SMILES string of the molecule is CN=C(c1ccc(OC)cc1)N1CCCc2cc(C3=NN(C(C)=O)C(=O)SC3(C)C)ccc21. The van der Waals surface area contributed by atoms with Gasteiger partial charge in [-0.05, 0) is 86.0 Å². The Bertz CT molecular complexity index is 1150. The Morgan fingerprint density at radius 1 is 1.18 bits per heavy atom. The predicted molar refractivity (Wildman–Crippen MR) is 134 cm³/mol. The molecule has 0 fully saturated rings. The third-order valence-electron chi connectivity index (χ3n) is 5.87. The fourth-order valence-corrected chi connectivity index (χ4v) is 5.23. The Morgan fingerprint density at radius 3 is 2.55 bits per heavy atom. The molecule has 0 aliphatic carbocycles. The van der Waals surface area contributed by atoms with Crippen molar-refractivity contribution in [1.82, 2.24) is 5.01 Å². The number of anilines is 1. The molecule has 0 N–H and O–H groups in total. The van der Waals surface area contributed by atoms with Gasteiger partial charge in [-0.25, -0.2) is 0 Å². The molecule has 4 rings (SSSR count). The zero-order chi connectivity index (χ0) is 23.8. The summed E-state index contributed by atoms with van der Waals surface area (Å²) in [5, 5.41) is 5.07. The van der Waals surface area contributed by atoms with Crippen molar-refractivity contribution in [1.29, 1.82) is 0 Å². The van der Waals surface area contributed by atoms with Gasteiger partial charge in [-0.15, -0.1) is 0 Å². The van der Waals surface area contributed by atoms with Crippen LogP contribution in [0.25, 0.3) is 0 Å². The van der Waals surface area contributed by atoms with E-state index in [-0.39, 0.29) is 11.1 Å². The first-order valence-electron chi connectivity index (χ1n) is 10.9. The lowest BCUT2D eigenvalue weighted by atomic mass is 9.93. The molecule has 8 heteroatoms. The van der Waals surface area contributed by atoms with Crippen LogP contribution >= 0.6 is 11.8 Å². The number of thioether (sulfide) groups is 1. The molecule has 2 amide bonds. The number of aryl methyl sites for hydroxylation is 1. The Hall–Kier alpha value is -3.13. The zero-order valence-electron chi connectivity index (χ0n) is 19.6. The molecule has 0 bridgehead atoms. The minimum atomic E-state index is -0.537. The number of aliphatic imine (C=N–C) groups is 1. The van der Waals surface area contributed by atoms with Crippen molar-refractivity contribution >= 4 is 40.1 Å². The van der Waals surface area contributed by atoms with E-state index in [9.17, 15) is 9.59 Å². The van der Waals surface area contributed by atoms with Gasteiger partial charge in [0.2, 0.25) is 5.91 Å². The van der Waals surface area contributed by atoms with Crippen LogP contribution in [0, 0.1) is 0 Å². The Labute approximate surface area is 198 Å². The highest BCUT2D eigenvalue weighted by molar-refractivity contribution is 8.15. The topological polar surface area (TPSA) is 74.6 Å². The van der Waals surface area contributed by atoms with Crippen LogP contribution in [0.1, 0.15) is 43.9 Å². The summed E-state index contributed by atoms with van der Waals surface area (Å²) < 4.78 is 4.75. The third kappa shape index (κ3) is 4.39. The molecule has 2 aromatic carbocycles. The van der Waals surface area contributed by atoms with Gasteiger partial charge >= 0.3 is 5.24 Å². The van der Waals surface area contributed by atoms with Crippen LogP contribution in [0.2, 0.25) is 0 Å². The summed E-state index contributed by atoms with van der Waals surface area (Å²) in [4.78, 5) is 31.1. The van der Waals surface area contributed by atoms with Crippen molar-refractivity contribution in [2.45, 2.75) is 38.4 Å². The molecular formula is C25H28N4O3S. The number of benzene rings is 2. The lowest BCUT2D eigenvalue weighted by Gasteiger charge is -2.35. The molecule has 0 saturated carbocycles. The van der Waals surface area contributed by atoms with Crippen molar-refractivity contribution in [3.63, 3.8) is 0 Å². The molecule has 2 aliphatic heterocycles. The Morgan fingerprint density at radius 2 is 1.91 bits per heavy atom. The summed E-state index contributed by atoms with van der Waals surface area (Å²) in [5.41, 5.74) is 4.99. The quantitative estimate of drug-likeness (QED) is 0.485. The van der Waals surface area contributed by atoms with Crippen LogP contribution < -0.4 is 9.64 Å². The second-order valence-corrected chi connectivity index (χ2v) is 10.1. The molecule has 0 radical (unpaired) electrons. The highest BCUT2D eigenvalue weighted by Crippen LogP contribution is 2.38. The average Bonchev–Trinajstić information content (AvgIpc) is 2.79. The molecule has 172 valence electrons. The van der Waals surface area contributed by atoms with Crippen molar-refractivity contribution in [2.75, 3.05) is 25.6 Å². The molecular weight excluding hydrogens is 436 g/mol. The standard InChI is InChI=1S/C25H28N4O3S/c1-16(30)29-24(31)33-25(2,3)22(27-29)19-10-13-21-18(15-19)7-6-14-28(21)23(26-4)17-8-11-20(32-5)12-9-17/h8-13,15H,6-7,14H2,1-5H3. The van der Waals surface area contributed by atoms with Crippen LogP contribution in [-0.4, -0.2) is 53.2 Å². The molecule has 7 nitrogen and oxygen atoms in total. The van der Waals surface area contributed by atoms with E-state index in [0.29, 0.717) is 0 Å². The van der Waals surface area contributed by atoms with E-state index in [1.54, 1.807) is 7.11 Å². The second kappa shape index (κ2) is 9.02. The normalized spacial score (nSPS) is 18.0. The molecule has 0 atom stereocenters. The average molecular weight is 465 g/mol. The number of hydrazone groups is 1. The highest BCUT2D eigenvalue weighted by atomic mass is 32.2. The number of amides is 2. The van der Waals surface area contributed by atoms with Gasteiger partial charge in [0, 0.05) is 31.8 Å². The lowest BCUT2D eigenvalue weighted by Crippen LogP contribution is -2.43. The summed E-state index contributed by atoms with van der Waals surface area (Å²) in [6, 6.07) is 14.2. The Kier molecular flexibility index (Phi) is 6.30. The molecule has 0 aromatic heterocycles. The predicted octanol–water partition coefficient (Wildman–Crippen LogP) is 4.72. The van der Waals surface area contributed by atoms with Crippen molar-refractivity contribution in [3.8, 4) is 5.75 Å². The molecule has 0 unspecified atom stereocenters. The van der Waals surface area contributed by atoms with E-state index in [1.807, 2.05) is 51.2 Å². The van der Waals surface area contributed by atoms with Gasteiger partial charge in [0.15, 0.2) is 0 Å². The minimum absolute atomic E-state index is 0.344. The van der Waals surface area contributed by atoms with Crippen LogP contribution in [0.15, 0.2) is 52.6 Å². The number of amidine groups is 1. The summed E-state index contributed by atoms with van der Waals surface area (Å²) in [7, 11) is 3.47. The number of carbonyl (C=O) groups is 2. The number of carbonyl (C=O) groups excluding carboxylic acids is 2. The summed E-state index contributed by atoms with van der Waals surface area (Å²) >= 11 is 1.13. The summed E-state index contributed by atoms with van der Waals surface area (Å²) in [5.74, 6) is 1.34. The van der Waals surface area contributed by atoms with Gasteiger partial charge in [-0.3, -0.25) is 14.6 Å². The Balaban J connectivity index is 1.72. The van der Waals surface area contributed by atoms with Gasteiger partial charge in [-0.1, -0.05) is 6.07 Å². The maximum atomic E-state index is 12.3. The summed E-state index contributed by atoms with van der Waals surface area (Å²) in [6.45, 7) is 6.15. The number of rotatable bonds is 3. The monoisotopic (exact) mass is 464 g/mol. The zero-order valence-corrected chi connectivity index (χ0v) is 20.4. The molecule has 2 heterocycles. The van der Waals surface area contributed by atoms with Gasteiger partial charge in [0.25, 0.3) is 0 Å². The lowest BCUT2D eigenvalue weighted by molar-refractivity contribution is -0.125. The minimum Gasteiger partial charge on any atom is -0.497 e. The van der Waals surface area contributed by atoms with Gasteiger partial charge in [-0.2, -0.15) is 10.1 Å². The number of hydrogen-bond donors (Lipinski definition) is 0. The fraction of sp³-hybridized carbons (Fsp3) is 0.360. The van der Waals surface area contributed by atoms with E-state index in [4.69, 9.17) is 4.74 Å². The van der Waals surface area contributed by atoms with Crippen LogP contribution in [0.3, 0.4) is 0 Å². The van der Waals surface area contributed by atoms with Crippen LogP contribution in [0.5, 0.6) is 5.75 Å². The molecule has 0 spiro atoms. The first-order valence-corrected chi connectivity index (χ1v) is 11.7. The number of fused-ring (bicyclic) bond motifs is 1. The number of imide groups is 1. The van der Waals surface area contributed by atoms with Crippen LogP contribution in [-0.2, 0) is 11.2 Å². The van der Waals surface area contributed by atoms with Gasteiger partial charge < -0.3 is 9.64 Å². The summed E-state index contributed by atoms with van der Waals surface area (Å²) in [6.07, 6.45) is 1.93. The van der Waals surface area contributed by atoms with Crippen molar-refractivity contribution in [3.05, 3.63) is 59.2 Å². The largest absolute Gasteiger partial charge is 0.497 e. The fourth-order valence-electron chi connectivity index (χ4n) is 4.29. The van der Waals surface area contributed by atoms with E-state index in [1.165, 1.54) is 12.5 Å². The van der Waals surface area contributed by atoms with Gasteiger partial charge in [0.1, 0.15) is 11.6 Å². The third-order valence-corrected chi connectivity index (χ3v) is 6.92. The highest BCUT2D eigenvalue weighted by Gasteiger charge is 2.39. The maximum absolute atomic E-state index is 12.3. The number of ether oxygens (including phenoxy) is 1. The number of hydrogen-bond acceptors (Lipinski definition) is 6. The number of nitrogens with zero attached hydrogens (tertiary/aromatic N) is 4. The number of methoxy groups -OCH3 is 1. The first kappa shape index (κ1) is 23.0. The molecule has 33 heavy (non-hydrogen) atoms. The first-order chi connectivity index (χ1) is 15.7. The van der Waals surface area contributed by atoms with Gasteiger partial charge in [0.05, 0.1) is 17.6 Å². The van der Waals surface area contributed by atoms with E-state index < -0.39 is 4.75 Å². The second-order valence-electron chi connectivity index (χ2n) is 8.53. The van der Waals surface area contributed by atoms with Crippen molar-refractivity contribution in [2.24, 2.45) is 10.1 Å². The molecule has 0 saturated heterocycles. The van der Waals surface area contributed by atoms with E-state index in [2.05, 4.69) is 27.1 Å². The van der Waals surface area contributed by atoms with E-state index in [0.717, 1.165) is 70.3 Å². The maximum Gasteiger partial charge on any atom is 0.309 e.